The monoisotopic (exact) mass is 435 g/mol. The van der Waals surface area contributed by atoms with Gasteiger partial charge in [-0.2, -0.15) is 0 Å². The summed E-state index contributed by atoms with van der Waals surface area (Å²) in [6.07, 6.45) is 0. The first-order chi connectivity index (χ1) is 13.8. The highest BCUT2D eigenvalue weighted by Crippen LogP contribution is 2.30. The molecule has 0 unspecified atom stereocenters. The third-order valence-electron chi connectivity index (χ3n) is 4.16. The van der Waals surface area contributed by atoms with E-state index in [-0.39, 0.29) is 18.0 Å². The van der Waals surface area contributed by atoms with Gasteiger partial charge >= 0.3 is 0 Å². The largest absolute Gasteiger partial charge is 0.493 e. The van der Waals surface area contributed by atoms with Crippen molar-refractivity contribution >= 4 is 37.5 Å². The number of carbonyl (C=O) groups excluding carboxylic acids is 1. The van der Waals surface area contributed by atoms with Gasteiger partial charge in [0.05, 0.1) is 40.9 Å². The maximum Gasteiger partial charge on any atom is 0.241 e. The van der Waals surface area contributed by atoms with Gasteiger partial charge in [-0.3, -0.25) is 4.79 Å². The van der Waals surface area contributed by atoms with E-state index in [1.807, 2.05) is 6.92 Å². The third kappa shape index (κ3) is 4.84. The van der Waals surface area contributed by atoms with Crippen molar-refractivity contribution in [2.75, 3.05) is 20.8 Å². The summed E-state index contributed by atoms with van der Waals surface area (Å²) in [4.78, 5) is 16.5. The molecule has 154 valence electrons. The maximum atomic E-state index is 12.5. The number of nitrogens with zero attached hydrogens (tertiary/aromatic N) is 1. The van der Waals surface area contributed by atoms with E-state index in [0.717, 1.165) is 15.2 Å². The maximum absolute atomic E-state index is 12.5. The summed E-state index contributed by atoms with van der Waals surface area (Å²) in [5, 5.41) is 3.53. The number of sulfonamides is 1. The zero-order valence-corrected chi connectivity index (χ0v) is 17.8. The van der Waals surface area contributed by atoms with Crippen molar-refractivity contribution in [2.45, 2.75) is 18.4 Å². The Morgan fingerprint density at radius 3 is 2.69 bits per heavy atom. The van der Waals surface area contributed by atoms with E-state index < -0.39 is 15.9 Å². The summed E-state index contributed by atoms with van der Waals surface area (Å²) in [7, 11) is -0.780. The zero-order valence-electron chi connectivity index (χ0n) is 16.2. The molecule has 3 rings (SSSR count). The van der Waals surface area contributed by atoms with E-state index in [0.29, 0.717) is 17.1 Å². The van der Waals surface area contributed by atoms with Crippen molar-refractivity contribution in [1.82, 2.24) is 15.0 Å². The van der Waals surface area contributed by atoms with Crippen LogP contribution in [0.25, 0.3) is 10.2 Å². The highest BCUT2D eigenvalue weighted by molar-refractivity contribution is 7.89. The van der Waals surface area contributed by atoms with Crippen molar-refractivity contribution in [3.63, 3.8) is 0 Å². The molecule has 0 aliphatic rings. The number of hydrogen-bond acceptors (Lipinski definition) is 7. The van der Waals surface area contributed by atoms with E-state index in [1.54, 1.807) is 30.3 Å². The van der Waals surface area contributed by atoms with Crippen molar-refractivity contribution in [2.24, 2.45) is 0 Å². The van der Waals surface area contributed by atoms with Gasteiger partial charge in [0.1, 0.15) is 0 Å². The number of benzene rings is 2. The summed E-state index contributed by atoms with van der Waals surface area (Å²) in [6, 6.07) is 10.0. The molecule has 1 aromatic heterocycles. The molecule has 29 heavy (non-hydrogen) atoms. The van der Waals surface area contributed by atoms with Gasteiger partial charge in [-0.25, -0.2) is 18.1 Å². The van der Waals surface area contributed by atoms with Gasteiger partial charge in [-0.15, -0.1) is 11.3 Å². The second-order valence-corrected chi connectivity index (χ2v) is 9.12. The topological polar surface area (TPSA) is 107 Å². The fraction of sp³-hybridized carbons (Fsp3) is 0.263. The quantitative estimate of drug-likeness (QED) is 0.562. The van der Waals surface area contributed by atoms with E-state index in [9.17, 15) is 13.2 Å². The van der Waals surface area contributed by atoms with Crippen molar-refractivity contribution < 1.29 is 22.7 Å². The number of rotatable bonds is 8. The minimum Gasteiger partial charge on any atom is -0.493 e. The molecular weight excluding hydrogens is 414 g/mol. The highest BCUT2D eigenvalue weighted by Gasteiger charge is 2.17. The fourth-order valence-corrected chi connectivity index (χ4v) is 4.73. The number of aromatic nitrogens is 1. The summed E-state index contributed by atoms with van der Waals surface area (Å²) >= 11 is 1.41. The average Bonchev–Trinajstić information content (AvgIpc) is 3.09. The van der Waals surface area contributed by atoms with E-state index in [1.165, 1.54) is 31.6 Å². The lowest BCUT2D eigenvalue weighted by molar-refractivity contribution is -0.120. The number of para-hydroxylation sites is 1. The molecule has 1 amide bonds. The van der Waals surface area contributed by atoms with Crippen LogP contribution in [-0.2, 0) is 21.4 Å². The molecular formula is C19H21N3O5S2. The van der Waals surface area contributed by atoms with Crippen LogP contribution in [0.15, 0.2) is 41.3 Å². The Hall–Kier alpha value is -2.69. The summed E-state index contributed by atoms with van der Waals surface area (Å²) in [5.74, 6) is 0.603. The van der Waals surface area contributed by atoms with Gasteiger partial charge in [0.15, 0.2) is 11.5 Å². The molecule has 0 aliphatic carbocycles. The van der Waals surface area contributed by atoms with Gasteiger partial charge in [-0.05, 0) is 31.2 Å². The predicted octanol–water partition coefficient (Wildman–Crippen LogP) is 2.22. The van der Waals surface area contributed by atoms with Crippen LogP contribution in [0.3, 0.4) is 0 Å². The van der Waals surface area contributed by atoms with Crippen LogP contribution in [0.5, 0.6) is 11.5 Å². The second kappa shape index (κ2) is 8.76. The number of nitrogens with one attached hydrogen (secondary N) is 2. The number of amides is 1. The van der Waals surface area contributed by atoms with Crippen LogP contribution in [-0.4, -0.2) is 40.1 Å². The van der Waals surface area contributed by atoms with Crippen LogP contribution in [0, 0.1) is 6.92 Å². The van der Waals surface area contributed by atoms with E-state index in [2.05, 4.69) is 15.0 Å². The number of methoxy groups -OCH3 is 2. The summed E-state index contributed by atoms with van der Waals surface area (Å²) in [6.45, 7) is 1.65. The van der Waals surface area contributed by atoms with E-state index >= 15 is 0 Å². The Morgan fingerprint density at radius 1 is 1.17 bits per heavy atom. The number of aryl methyl sites for hydroxylation is 1. The lowest BCUT2D eigenvalue weighted by Crippen LogP contribution is -2.36. The summed E-state index contributed by atoms with van der Waals surface area (Å²) < 4.78 is 38.6. The number of thiazole rings is 1. The van der Waals surface area contributed by atoms with Crippen molar-refractivity contribution in [3.8, 4) is 11.5 Å². The lowest BCUT2D eigenvalue weighted by Gasteiger charge is -2.13. The molecule has 3 aromatic rings. The first-order valence-corrected chi connectivity index (χ1v) is 11.0. The van der Waals surface area contributed by atoms with Gasteiger partial charge in [0.25, 0.3) is 0 Å². The highest BCUT2D eigenvalue weighted by atomic mass is 32.2. The summed E-state index contributed by atoms with van der Waals surface area (Å²) in [5.41, 5.74) is 1.46. The average molecular weight is 436 g/mol. The number of carbonyl (C=O) groups is 1. The Morgan fingerprint density at radius 2 is 1.97 bits per heavy atom. The Bertz CT molecular complexity index is 1140. The Balaban J connectivity index is 1.62. The first kappa shape index (κ1) is 21.0. The van der Waals surface area contributed by atoms with Crippen LogP contribution in [0.2, 0.25) is 0 Å². The van der Waals surface area contributed by atoms with Gasteiger partial charge in [0.2, 0.25) is 15.9 Å². The zero-order chi connectivity index (χ0) is 21.0. The first-order valence-electron chi connectivity index (χ1n) is 8.67. The minimum atomic E-state index is -3.82. The molecule has 0 saturated heterocycles. The van der Waals surface area contributed by atoms with Crippen molar-refractivity contribution in [1.29, 1.82) is 0 Å². The molecule has 0 atom stereocenters. The normalized spacial score (nSPS) is 11.4. The van der Waals surface area contributed by atoms with Crippen LogP contribution in [0.1, 0.15) is 10.6 Å². The molecule has 8 nitrogen and oxygen atoms in total. The van der Waals surface area contributed by atoms with E-state index in [4.69, 9.17) is 9.47 Å². The van der Waals surface area contributed by atoms with Crippen LogP contribution >= 0.6 is 11.3 Å². The van der Waals surface area contributed by atoms with Crippen molar-refractivity contribution in [3.05, 3.63) is 47.0 Å². The molecule has 1 heterocycles. The molecule has 10 heteroatoms. The predicted molar refractivity (Wildman–Crippen MR) is 111 cm³/mol. The van der Waals surface area contributed by atoms with Crippen LogP contribution in [0.4, 0.5) is 0 Å². The minimum absolute atomic E-state index is 0.0934. The molecule has 0 saturated carbocycles. The standard InChI is InChI=1S/C19H21N3O5S2/c1-12-22-15-8-7-14(9-17(15)28-12)29(24,25)21-11-18(23)20-10-13-5-4-6-16(26-2)19(13)27-3/h4-9,21H,10-11H2,1-3H3,(H,20,23). The number of ether oxygens (including phenoxy) is 2. The molecule has 2 N–H and O–H groups in total. The number of hydrogen-bond donors (Lipinski definition) is 2. The second-order valence-electron chi connectivity index (χ2n) is 6.12. The molecule has 0 bridgehead atoms. The van der Waals surface area contributed by atoms with Gasteiger partial charge in [0, 0.05) is 12.1 Å². The van der Waals surface area contributed by atoms with Crippen LogP contribution < -0.4 is 19.5 Å². The fourth-order valence-electron chi connectivity index (χ4n) is 2.78. The smallest absolute Gasteiger partial charge is 0.241 e. The molecule has 2 aromatic carbocycles. The SMILES string of the molecule is COc1cccc(CNC(=O)CNS(=O)(=O)c2ccc3nc(C)sc3c2)c1OC. The lowest BCUT2D eigenvalue weighted by atomic mass is 10.2. The number of fused-ring (bicyclic) bond motifs is 1. The van der Waals surface area contributed by atoms with Gasteiger partial charge in [-0.1, -0.05) is 12.1 Å². The Labute approximate surface area is 172 Å². The molecule has 0 radical (unpaired) electrons. The molecule has 0 fully saturated rings. The molecule has 0 aliphatic heterocycles. The third-order valence-corrected chi connectivity index (χ3v) is 6.49. The Kier molecular flexibility index (Phi) is 6.36. The molecule has 0 spiro atoms. The van der Waals surface area contributed by atoms with Gasteiger partial charge < -0.3 is 14.8 Å².